The Labute approximate surface area is 134 Å². The second-order valence-electron chi connectivity index (χ2n) is 6.14. The second-order valence-corrected chi connectivity index (χ2v) is 6.14. The Morgan fingerprint density at radius 3 is 3.09 bits per heavy atom. The third-order valence-electron chi connectivity index (χ3n) is 4.48. The van der Waals surface area contributed by atoms with E-state index >= 15 is 0 Å². The average molecular weight is 312 g/mol. The minimum absolute atomic E-state index is 0.313. The van der Waals surface area contributed by atoms with Crippen molar-refractivity contribution in [2.45, 2.75) is 51.2 Å². The summed E-state index contributed by atoms with van der Waals surface area (Å²) in [7, 11) is 0. The highest BCUT2D eigenvalue weighted by atomic mass is 16.5. The quantitative estimate of drug-likeness (QED) is 0.377. The van der Waals surface area contributed by atoms with Crippen LogP contribution in [0.3, 0.4) is 0 Å². The van der Waals surface area contributed by atoms with Crippen molar-refractivity contribution in [1.29, 1.82) is 0 Å². The molecular formula is C16H32N4O2. The van der Waals surface area contributed by atoms with Gasteiger partial charge in [-0.2, -0.15) is 0 Å². The number of nitrogens with two attached hydrogens (primary N) is 1. The number of rotatable bonds is 9. The standard InChI is InChI=1S/C16H32N4O2/c1-2-20-9-3-6-14(20)12-19-16(17)18-8-5-10-21-13-15-7-4-11-22-15/h14-15H,2-13H2,1H3,(H3,17,18,19). The number of hydrogen-bond donors (Lipinski definition) is 2. The minimum Gasteiger partial charge on any atom is -0.379 e. The van der Waals surface area contributed by atoms with Crippen LogP contribution < -0.4 is 11.1 Å². The lowest BCUT2D eigenvalue weighted by Crippen LogP contribution is -2.36. The zero-order valence-electron chi connectivity index (χ0n) is 13.9. The summed E-state index contributed by atoms with van der Waals surface area (Å²) in [5, 5.41) is 3.17. The van der Waals surface area contributed by atoms with Crippen LogP contribution >= 0.6 is 0 Å². The lowest BCUT2D eigenvalue weighted by Gasteiger charge is -2.20. The van der Waals surface area contributed by atoms with E-state index in [4.69, 9.17) is 15.2 Å². The van der Waals surface area contributed by atoms with Crippen molar-refractivity contribution < 1.29 is 9.47 Å². The van der Waals surface area contributed by atoms with Crippen molar-refractivity contribution >= 4 is 5.96 Å². The largest absolute Gasteiger partial charge is 0.379 e. The van der Waals surface area contributed by atoms with Crippen molar-refractivity contribution in [2.24, 2.45) is 10.7 Å². The molecule has 0 aromatic heterocycles. The van der Waals surface area contributed by atoms with Gasteiger partial charge in [0.05, 0.1) is 19.3 Å². The van der Waals surface area contributed by atoms with Crippen LogP contribution in [0.4, 0.5) is 0 Å². The van der Waals surface area contributed by atoms with Crippen LogP contribution in [-0.4, -0.2) is 69.0 Å². The van der Waals surface area contributed by atoms with Gasteiger partial charge >= 0.3 is 0 Å². The number of aliphatic imine (C=N–C) groups is 1. The maximum atomic E-state index is 5.91. The van der Waals surface area contributed by atoms with Crippen molar-refractivity contribution in [1.82, 2.24) is 10.2 Å². The summed E-state index contributed by atoms with van der Waals surface area (Å²) in [6, 6.07) is 0.570. The van der Waals surface area contributed by atoms with Gasteiger partial charge in [-0.3, -0.25) is 9.89 Å². The molecule has 0 aliphatic carbocycles. The van der Waals surface area contributed by atoms with E-state index in [1.807, 2.05) is 0 Å². The van der Waals surface area contributed by atoms with Crippen LogP contribution in [0.1, 0.15) is 39.0 Å². The van der Waals surface area contributed by atoms with Gasteiger partial charge in [0.15, 0.2) is 5.96 Å². The molecule has 2 aliphatic rings. The average Bonchev–Trinajstić information content (AvgIpc) is 3.19. The fourth-order valence-electron chi connectivity index (χ4n) is 3.16. The molecule has 0 saturated carbocycles. The molecule has 3 N–H and O–H groups in total. The van der Waals surface area contributed by atoms with Crippen LogP contribution in [0, 0.1) is 0 Å². The van der Waals surface area contributed by atoms with Gasteiger partial charge in [0.2, 0.25) is 0 Å². The topological polar surface area (TPSA) is 72.1 Å². The van der Waals surface area contributed by atoms with Gasteiger partial charge in [0.25, 0.3) is 0 Å². The SMILES string of the molecule is CCN1CCCC1CN=C(N)NCCCOCC1CCCO1. The van der Waals surface area contributed by atoms with Gasteiger partial charge in [-0.25, -0.2) is 0 Å². The zero-order chi connectivity index (χ0) is 15.6. The van der Waals surface area contributed by atoms with E-state index in [1.165, 1.54) is 25.8 Å². The van der Waals surface area contributed by atoms with E-state index in [0.717, 1.165) is 52.3 Å². The van der Waals surface area contributed by atoms with Crippen LogP contribution in [0.25, 0.3) is 0 Å². The van der Waals surface area contributed by atoms with Crippen LogP contribution in [0.5, 0.6) is 0 Å². The Bertz CT molecular complexity index is 332. The van der Waals surface area contributed by atoms with Crippen LogP contribution in [-0.2, 0) is 9.47 Å². The van der Waals surface area contributed by atoms with Gasteiger partial charge in [-0.15, -0.1) is 0 Å². The summed E-state index contributed by atoms with van der Waals surface area (Å²) in [6.07, 6.45) is 6.07. The summed E-state index contributed by atoms with van der Waals surface area (Å²) in [5.74, 6) is 0.557. The number of hydrogen-bond acceptors (Lipinski definition) is 4. The highest BCUT2D eigenvalue weighted by molar-refractivity contribution is 5.77. The predicted molar refractivity (Wildman–Crippen MR) is 89.2 cm³/mol. The van der Waals surface area contributed by atoms with Crippen molar-refractivity contribution in [3.8, 4) is 0 Å². The number of likely N-dealkylation sites (N-methyl/N-ethyl adjacent to an activating group) is 1. The summed E-state index contributed by atoms with van der Waals surface area (Å²) in [6.45, 7) is 8.48. The van der Waals surface area contributed by atoms with Gasteiger partial charge in [0, 0.05) is 25.8 Å². The lowest BCUT2D eigenvalue weighted by molar-refractivity contribution is 0.0168. The van der Waals surface area contributed by atoms with E-state index in [0.29, 0.717) is 18.1 Å². The molecule has 2 rings (SSSR count). The van der Waals surface area contributed by atoms with E-state index in [1.54, 1.807) is 0 Å². The summed E-state index contributed by atoms with van der Waals surface area (Å²) >= 11 is 0. The van der Waals surface area contributed by atoms with E-state index in [2.05, 4.69) is 22.1 Å². The molecule has 22 heavy (non-hydrogen) atoms. The normalized spacial score (nSPS) is 26.7. The number of likely N-dealkylation sites (tertiary alicyclic amines) is 1. The fraction of sp³-hybridized carbons (Fsp3) is 0.938. The molecule has 2 unspecified atom stereocenters. The van der Waals surface area contributed by atoms with Gasteiger partial charge in [-0.05, 0) is 45.2 Å². The number of ether oxygens (including phenoxy) is 2. The van der Waals surface area contributed by atoms with Gasteiger partial charge < -0.3 is 20.5 Å². The van der Waals surface area contributed by atoms with E-state index in [9.17, 15) is 0 Å². The molecule has 0 bridgehead atoms. The molecule has 6 heteroatoms. The number of guanidine groups is 1. The Balaban J connectivity index is 1.48. The molecule has 2 heterocycles. The zero-order valence-corrected chi connectivity index (χ0v) is 13.9. The first-order chi connectivity index (χ1) is 10.8. The molecule has 2 atom stereocenters. The second kappa shape index (κ2) is 10.0. The van der Waals surface area contributed by atoms with Crippen molar-refractivity contribution in [3.63, 3.8) is 0 Å². The van der Waals surface area contributed by atoms with E-state index in [-0.39, 0.29) is 0 Å². The minimum atomic E-state index is 0.313. The molecule has 128 valence electrons. The molecule has 2 saturated heterocycles. The Hall–Kier alpha value is -0.850. The summed E-state index contributed by atoms with van der Waals surface area (Å²) < 4.78 is 11.1. The number of nitrogens with zero attached hydrogens (tertiary/aromatic N) is 2. The van der Waals surface area contributed by atoms with E-state index < -0.39 is 0 Å². The highest BCUT2D eigenvalue weighted by Gasteiger charge is 2.22. The Morgan fingerprint density at radius 2 is 2.32 bits per heavy atom. The third kappa shape index (κ3) is 6.10. The summed E-state index contributed by atoms with van der Waals surface area (Å²) in [4.78, 5) is 6.95. The molecule has 0 radical (unpaired) electrons. The molecule has 0 spiro atoms. The predicted octanol–water partition coefficient (Wildman–Crippen LogP) is 0.961. The summed E-state index contributed by atoms with van der Waals surface area (Å²) in [5.41, 5.74) is 5.91. The molecule has 0 aromatic rings. The first kappa shape index (κ1) is 17.5. The maximum Gasteiger partial charge on any atom is 0.188 e. The van der Waals surface area contributed by atoms with Gasteiger partial charge in [0.1, 0.15) is 0 Å². The molecule has 2 fully saturated rings. The highest BCUT2D eigenvalue weighted by Crippen LogP contribution is 2.16. The van der Waals surface area contributed by atoms with Gasteiger partial charge in [-0.1, -0.05) is 6.92 Å². The molecule has 0 amide bonds. The van der Waals surface area contributed by atoms with Crippen LogP contribution in [0.2, 0.25) is 0 Å². The smallest absolute Gasteiger partial charge is 0.188 e. The molecule has 0 aromatic carbocycles. The third-order valence-corrected chi connectivity index (χ3v) is 4.48. The maximum absolute atomic E-state index is 5.91. The first-order valence-electron chi connectivity index (χ1n) is 8.76. The Kier molecular flexibility index (Phi) is 7.98. The molecule has 2 aliphatic heterocycles. The van der Waals surface area contributed by atoms with Crippen LogP contribution in [0.15, 0.2) is 4.99 Å². The van der Waals surface area contributed by atoms with Crippen molar-refractivity contribution in [3.05, 3.63) is 0 Å². The first-order valence-corrected chi connectivity index (χ1v) is 8.76. The number of nitrogens with one attached hydrogen (secondary N) is 1. The molecular weight excluding hydrogens is 280 g/mol. The Morgan fingerprint density at radius 1 is 1.41 bits per heavy atom. The van der Waals surface area contributed by atoms with Crippen molar-refractivity contribution in [2.75, 3.05) is 46.0 Å². The lowest BCUT2D eigenvalue weighted by atomic mass is 10.2. The fourth-order valence-corrected chi connectivity index (χ4v) is 3.16. The molecule has 6 nitrogen and oxygen atoms in total. The monoisotopic (exact) mass is 312 g/mol.